The van der Waals surface area contributed by atoms with Gasteiger partial charge in [0.05, 0.1) is 53.4 Å². The van der Waals surface area contributed by atoms with Crippen LogP contribution in [0.15, 0.2) is 42.7 Å². The van der Waals surface area contributed by atoms with Crippen LogP contribution in [0.2, 0.25) is 0 Å². The van der Waals surface area contributed by atoms with Crippen molar-refractivity contribution >= 4 is 28.0 Å². The first-order chi connectivity index (χ1) is 17.5. The van der Waals surface area contributed by atoms with E-state index in [1.54, 1.807) is 4.68 Å². The normalized spacial score (nSPS) is 16.7. The Bertz CT molecular complexity index is 1570. The molecule has 5 aromatic heterocycles. The Morgan fingerprint density at radius 1 is 1.19 bits per heavy atom. The van der Waals surface area contributed by atoms with Crippen molar-refractivity contribution in [3.05, 3.63) is 59.8 Å². The fourth-order valence-corrected chi connectivity index (χ4v) is 5.52. The molecule has 6 heterocycles. The van der Waals surface area contributed by atoms with E-state index < -0.39 is 0 Å². The van der Waals surface area contributed by atoms with Crippen LogP contribution in [0.5, 0.6) is 0 Å². The number of rotatable bonds is 5. The molecule has 0 bridgehead atoms. The monoisotopic (exact) mass is 485 g/mol. The zero-order valence-electron chi connectivity index (χ0n) is 20.7. The van der Waals surface area contributed by atoms with Gasteiger partial charge in [-0.25, -0.2) is 9.48 Å². The number of aryl methyl sites for hydroxylation is 3. The van der Waals surface area contributed by atoms with Crippen molar-refractivity contribution in [3.8, 4) is 11.3 Å². The predicted molar refractivity (Wildman–Crippen MR) is 134 cm³/mol. The number of hydrogen-bond acceptors (Lipinski definition) is 7. The highest BCUT2D eigenvalue weighted by atomic mass is 16.5. The van der Waals surface area contributed by atoms with Gasteiger partial charge >= 0.3 is 5.97 Å². The largest absolute Gasteiger partial charge is 0.464 e. The molecule has 0 aliphatic carbocycles. The fraction of sp³-hybridized carbons (Fsp3) is 0.346. The van der Waals surface area contributed by atoms with Gasteiger partial charge in [-0.1, -0.05) is 11.3 Å². The average Bonchev–Trinajstić information content (AvgIpc) is 3.66. The summed E-state index contributed by atoms with van der Waals surface area (Å²) in [5.74, 6) is -0.176. The summed E-state index contributed by atoms with van der Waals surface area (Å²) in [6.45, 7) is 3.29. The van der Waals surface area contributed by atoms with Gasteiger partial charge in [0, 0.05) is 44.6 Å². The first kappa shape index (κ1) is 22.4. The van der Waals surface area contributed by atoms with E-state index in [2.05, 4.69) is 27.0 Å². The maximum Gasteiger partial charge on any atom is 0.354 e. The van der Waals surface area contributed by atoms with E-state index in [0.717, 1.165) is 51.1 Å². The number of ether oxygens (including phenoxy) is 2. The van der Waals surface area contributed by atoms with E-state index in [4.69, 9.17) is 19.4 Å². The minimum atomic E-state index is -0.389. The fourth-order valence-electron chi connectivity index (χ4n) is 5.52. The zero-order valence-corrected chi connectivity index (χ0v) is 20.7. The first-order valence-electron chi connectivity index (χ1n) is 11.9. The zero-order chi connectivity index (χ0) is 25.0. The summed E-state index contributed by atoms with van der Waals surface area (Å²) in [4.78, 5) is 22.3. The minimum absolute atomic E-state index is 0.107. The van der Waals surface area contributed by atoms with Crippen LogP contribution < -0.4 is 0 Å². The van der Waals surface area contributed by atoms with Crippen LogP contribution in [0.3, 0.4) is 0 Å². The highest BCUT2D eigenvalue weighted by Crippen LogP contribution is 2.41. The molecule has 10 nitrogen and oxygen atoms in total. The number of fused-ring (bicyclic) bond motifs is 3. The highest BCUT2D eigenvalue weighted by molar-refractivity contribution is 6.08. The first-order valence-corrected chi connectivity index (χ1v) is 11.9. The van der Waals surface area contributed by atoms with Gasteiger partial charge in [-0.15, -0.1) is 5.10 Å². The second-order valence-electron chi connectivity index (χ2n) is 9.25. The standard InChI is InChI=1S/C26H27N7O3/c1-15-23(32(3)30-29-15)17-11-19-22(28-13-17)25-20(12-21(31(25)2)26(34)35-4)33(19)24(16-8-10-36-14-16)18-7-5-6-9-27-18/h5-7,9,11-13,16,24H,8,10,14H2,1-4H3. The molecule has 0 N–H and O–H groups in total. The van der Waals surface area contributed by atoms with Gasteiger partial charge in [0.1, 0.15) is 11.2 Å². The number of nitrogens with zero attached hydrogens (tertiary/aromatic N) is 7. The lowest BCUT2D eigenvalue weighted by Gasteiger charge is -2.25. The minimum Gasteiger partial charge on any atom is -0.464 e. The van der Waals surface area contributed by atoms with Crippen molar-refractivity contribution in [2.75, 3.05) is 20.3 Å². The Hall–Kier alpha value is -4.05. The summed E-state index contributed by atoms with van der Waals surface area (Å²) >= 11 is 0. The van der Waals surface area contributed by atoms with Gasteiger partial charge in [0.2, 0.25) is 0 Å². The van der Waals surface area contributed by atoms with Gasteiger partial charge in [-0.3, -0.25) is 9.97 Å². The average molecular weight is 486 g/mol. The van der Waals surface area contributed by atoms with Crippen molar-refractivity contribution in [1.82, 2.24) is 34.1 Å². The van der Waals surface area contributed by atoms with Crippen LogP contribution >= 0.6 is 0 Å². The highest BCUT2D eigenvalue weighted by Gasteiger charge is 2.34. The van der Waals surface area contributed by atoms with Gasteiger partial charge < -0.3 is 18.6 Å². The van der Waals surface area contributed by atoms with Crippen molar-refractivity contribution in [1.29, 1.82) is 0 Å². The van der Waals surface area contributed by atoms with Crippen LogP contribution in [0, 0.1) is 12.8 Å². The van der Waals surface area contributed by atoms with E-state index in [1.807, 2.05) is 56.2 Å². The van der Waals surface area contributed by atoms with Gasteiger partial charge in [0.25, 0.3) is 0 Å². The Morgan fingerprint density at radius 2 is 2.06 bits per heavy atom. The molecule has 36 heavy (non-hydrogen) atoms. The van der Waals surface area contributed by atoms with Crippen molar-refractivity contribution in [2.45, 2.75) is 19.4 Å². The van der Waals surface area contributed by atoms with E-state index in [-0.39, 0.29) is 17.9 Å². The molecule has 6 rings (SSSR count). The summed E-state index contributed by atoms with van der Waals surface area (Å²) in [6, 6.07) is 9.90. The molecule has 0 saturated carbocycles. The topological polar surface area (TPSA) is 102 Å². The van der Waals surface area contributed by atoms with Crippen LogP contribution in [0.25, 0.3) is 33.3 Å². The van der Waals surface area contributed by atoms with Gasteiger partial charge in [-0.05, 0) is 37.6 Å². The van der Waals surface area contributed by atoms with Crippen LogP contribution in [0.1, 0.15) is 34.3 Å². The number of carbonyl (C=O) groups excluding carboxylic acids is 1. The van der Waals surface area contributed by atoms with Crippen LogP contribution in [-0.2, 0) is 23.6 Å². The lowest BCUT2D eigenvalue weighted by atomic mass is 9.95. The summed E-state index contributed by atoms with van der Waals surface area (Å²) in [6.07, 6.45) is 4.58. The number of carbonyl (C=O) groups is 1. The SMILES string of the molecule is COC(=O)c1cc2c(c3ncc(-c4c(C)nnn4C)cc3n2C(c2ccccn2)C2CCOC2)n1C. The van der Waals surface area contributed by atoms with Crippen LogP contribution in [0.4, 0.5) is 0 Å². The summed E-state index contributed by atoms with van der Waals surface area (Å²) < 4.78 is 16.8. The molecule has 0 aromatic carbocycles. The van der Waals surface area contributed by atoms with E-state index >= 15 is 0 Å². The van der Waals surface area contributed by atoms with Crippen molar-refractivity contribution < 1.29 is 14.3 Å². The van der Waals surface area contributed by atoms with Gasteiger partial charge in [0.15, 0.2) is 0 Å². The van der Waals surface area contributed by atoms with E-state index in [1.165, 1.54) is 7.11 Å². The molecule has 1 aliphatic rings. The molecule has 2 unspecified atom stereocenters. The lowest BCUT2D eigenvalue weighted by molar-refractivity contribution is 0.0590. The number of methoxy groups -OCH3 is 1. The molecule has 0 amide bonds. The number of hydrogen-bond donors (Lipinski definition) is 0. The Morgan fingerprint density at radius 3 is 2.72 bits per heavy atom. The van der Waals surface area contributed by atoms with Crippen molar-refractivity contribution in [2.24, 2.45) is 20.0 Å². The molecule has 0 spiro atoms. The van der Waals surface area contributed by atoms with E-state index in [0.29, 0.717) is 18.9 Å². The smallest absolute Gasteiger partial charge is 0.354 e. The molecule has 10 heteroatoms. The van der Waals surface area contributed by atoms with Gasteiger partial charge in [-0.2, -0.15) is 0 Å². The van der Waals surface area contributed by atoms with Crippen LogP contribution in [-0.4, -0.2) is 60.4 Å². The second kappa shape index (κ2) is 8.56. The molecule has 1 aliphatic heterocycles. The second-order valence-corrected chi connectivity index (χ2v) is 9.25. The molecule has 2 atom stereocenters. The quantitative estimate of drug-likeness (QED) is 0.352. The third-order valence-corrected chi connectivity index (χ3v) is 7.17. The third-order valence-electron chi connectivity index (χ3n) is 7.17. The summed E-state index contributed by atoms with van der Waals surface area (Å²) in [5.41, 5.74) is 7.61. The maximum atomic E-state index is 12.6. The summed E-state index contributed by atoms with van der Waals surface area (Å²) in [5, 5.41) is 8.40. The maximum absolute atomic E-state index is 12.6. The molecule has 0 radical (unpaired) electrons. The predicted octanol–water partition coefficient (Wildman–Crippen LogP) is 3.44. The van der Waals surface area contributed by atoms with Crippen molar-refractivity contribution in [3.63, 3.8) is 0 Å². The molecule has 1 saturated heterocycles. The molecular formula is C26H27N7O3. The Balaban J connectivity index is 1.70. The lowest BCUT2D eigenvalue weighted by Crippen LogP contribution is -2.22. The number of esters is 1. The molecule has 5 aromatic rings. The Kier molecular flexibility index (Phi) is 5.33. The number of pyridine rings is 2. The summed E-state index contributed by atoms with van der Waals surface area (Å²) in [7, 11) is 5.15. The Labute approximate surface area is 207 Å². The number of aromatic nitrogens is 7. The molecule has 184 valence electrons. The molecule has 1 fully saturated rings. The molecular weight excluding hydrogens is 458 g/mol. The van der Waals surface area contributed by atoms with E-state index in [9.17, 15) is 4.79 Å². The third kappa shape index (κ3) is 3.32.